The number of amides is 2. The molecule has 2 amide bonds. The molecule has 172 valence electrons. The average molecular weight is 445 g/mol. The van der Waals surface area contributed by atoms with Crippen LogP contribution in [0.4, 0.5) is 0 Å². The first-order valence-electron chi connectivity index (χ1n) is 11.7. The Hall–Kier alpha value is -3.41. The van der Waals surface area contributed by atoms with Crippen LogP contribution in [0.3, 0.4) is 0 Å². The van der Waals surface area contributed by atoms with Crippen molar-refractivity contribution in [1.29, 1.82) is 0 Å². The van der Waals surface area contributed by atoms with E-state index in [1.807, 2.05) is 51.1 Å². The van der Waals surface area contributed by atoms with Crippen molar-refractivity contribution >= 4 is 11.8 Å². The number of aryl methyl sites for hydroxylation is 1. The van der Waals surface area contributed by atoms with Crippen LogP contribution < -0.4 is 5.32 Å². The highest BCUT2D eigenvalue weighted by Gasteiger charge is 2.46. The van der Waals surface area contributed by atoms with Gasteiger partial charge in [-0.1, -0.05) is 61.5 Å². The Balaban J connectivity index is 1.65. The summed E-state index contributed by atoms with van der Waals surface area (Å²) in [5.41, 5.74) is 5.04. The summed E-state index contributed by atoms with van der Waals surface area (Å²) >= 11 is 0. The topological polar surface area (TPSA) is 78.1 Å². The van der Waals surface area contributed by atoms with Gasteiger partial charge in [-0.05, 0) is 49.8 Å². The summed E-state index contributed by atoms with van der Waals surface area (Å²) in [6.45, 7) is 7.38. The summed E-state index contributed by atoms with van der Waals surface area (Å²) in [6, 6.07) is 18.5. The molecule has 2 heterocycles. The van der Waals surface area contributed by atoms with E-state index in [0.717, 1.165) is 34.4 Å². The van der Waals surface area contributed by atoms with Crippen LogP contribution in [-0.2, 0) is 17.6 Å². The van der Waals surface area contributed by atoms with Crippen molar-refractivity contribution < 1.29 is 9.59 Å². The van der Waals surface area contributed by atoms with Crippen molar-refractivity contribution in [2.45, 2.75) is 40.0 Å². The monoisotopic (exact) mass is 444 g/mol. The smallest absolute Gasteiger partial charge is 0.274 e. The maximum Gasteiger partial charge on any atom is 0.274 e. The lowest BCUT2D eigenvalue weighted by atomic mass is 9.78. The number of likely N-dealkylation sites (tertiary alicyclic amines) is 1. The Labute approximate surface area is 195 Å². The van der Waals surface area contributed by atoms with Crippen LogP contribution in [0.15, 0.2) is 54.6 Å². The fourth-order valence-electron chi connectivity index (χ4n) is 4.88. The highest BCUT2D eigenvalue weighted by molar-refractivity contribution is 5.95. The molecule has 1 saturated heterocycles. The first-order chi connectivity index (χ1) is 16.0. The van der Waals surface area contributed by atoms with Gasteiger partial charge in [0, 0.05) is 30.9 Å². The standard InChI is InChI=1S/C27H32N4O2/c1-4-23-19(3)24(30-29-23)25(32)31-16-15-27(18-31,26(33)28-5-2)17-21-13-9-10-14-22(21)20-11-7-6-8-12-20/h6-14H,4-5,15-18H2,1-3H3,(H,28,33)(H,29,30). The van der Waals surface area contributed by atoms with Crippen LogP contribution in [0.5, 0.6) is 0 Å². The minimum absolute atomic E-state index is 0.0103. The van der Waals surface area contributed by atoms with Crippen molar-refractivity contribution in [3.8, 4) is 11.1 Å². The molecule has 1 aliphatic rings. The van der Waals surface area contributed by atoms with Gasteiger partial charge in [-0.3, -0.25) is 14.7 Å². The molecule has 0 bridgehead atoms. The third-order valence-corrected chi connectivity index (χ3v) is 6.76. The lowest BCUT2D eigenvalue weighted by Gasteiger charge is -2.29. The van der Waals surface area contributed by atoms with E-state index in [1.165, 1.54) is 0 Å². The van der Waals surface area contributed by atoms with Gasteiger partial charge < -0.3 is 10.2 Å². The molecular weight excluding hydrogens is 412 g/mol. The van der Waals surface area contributed by atoms with Crippen LogP contribution in [0.1, 0.15) is 47.6 Å². The fraction of sp³-hybridized carbons (Fsp3) is 0.370. The zero-order chi connectivity index (χ0) is 23.4. The first-order valence-corrected chi connectivity index (χ1v) is 11.7. The molecule has 6 nitrogen and oxygen atoms in total. The quantitative estimate of drug-likeness (QED) is 0.574. The van der Waals surface area contributed by atoms with Gasteiger partial charge in [-0.2, -0.15) is 5.10 Å². The Bertz CT molecular complexity index is 1140. The molecule has 6 heteroatoms. The number of benzene rings is 2. The number of hydrogen-bond acceptors (Lipinski definition) is 3. The number of hydrogen-bond donors (Lipinski definition) is 2. The number of carbonyl (C=O) groups is 2. The minimum atomic E-state index is -0.672. The second-order valence-electron chi connectivity index (χ2n) is 8.85. The number of nitrogens with zero attached hydrogens (tertiary/aromatic N) is 2. The summed E-state index contributed by atoms with van der Waals surface area (Å²) in [6.07, 6.45) is 2.00. The van der Waals surface area contributed by atoms with Crippen LogP contribution in [0.25, 0.3) is 11.1 Å². The number of carbonyl (C=O) groups excluding carboxylic acids is 2. The Morgan fingerprint density at radius 3 is 2.52 bits per heavy atom. The van der Waals surface area contributed by atoms with Gasteiger partial charge in [0.25, 0.3) is 5.91 Å². The number of aromatic nitrogens is 2. The molecule has 0 radical (unpaired) electrons. The molecule has 0 spiro atoms. The van der Waals surface area contributed by atoms with Crippen molar-refractivity contribution in [2.24, 2.45) is 5.41 Å². The van der Waals surface area contributed by atoms with E-state index in [1.54, 1.807) is 4.90 Å². The van der Waals surface area contributed by atoms with Crippen molar-refractivity contribution in [2.75, 3.05) is 19.6 Å². The van der Waals surface area contributed by atoms with Gasteiger partial charge in [0.15, 0.2) is 5.69 Å². The van der Waals surface area contributed by atoms with Gasteiger partial charge in [0.2, 0.25) is 5.91 Å². The van der Waals surface area contributed by atoms with E-state index in [9.17, 15) is 9.59 Å². The second-order valence-corrected chi connectivity index (χ2v) is 8.85. The summed E-state index contributed by atoms with van der Waals surface area (Å²) in [4.78, 5) is 28.5. The highest BCUT2D eigenvalue weighted by atomic mass is 16.2. The molecule has 0 aliphatic carbocycles. The first kappa shape index (κ1) is 22.8. The van der Waals surface area contributed by atoms with E-state index < -0.39 is 5.41 Å². The van der Waals surface area contributed by atoms with Crippen molar-refractivity contribution in [3.63, 3.8) is 0 Å². The number of aromatic amines is 1. The molecule has 1 unspecified atom stereocenters. The zero-order valence-corrected chi connectivity index (χ0v) is 19.6. The maximum atomic E-state index is 13.4. The average Bonchev–Trinajstić information content (AvgIpc) is 3.44. The van der Waals surface area contributed by atoms with E-state index in [2.05, 4.69) is 39.8 Å². The summed E-state index contributed by atoms with van der Waals surface area (Å²) in [7, 11) is 0. The SMILES string of the molecule is CCNC(=O)C1(Cc2ccccc2-c2ccccc2)CCN(C(=O)c2n[nH]c(CC)c2C)C1. The van der Waals surface area contributed by atoms with E-state index in [4.69, 9.17) is 0 Å². The van der Waals surface area contributed by atoms with Crippen molar-refractivity contribution in [1.82, 2.24) is 20.4 Å². The van der Waals surface area contributed by atoms with Crippen molar-refractivity contribution in [3.05, 3.63) is 77.1 Å². The predicted molar refractivity (Wildman–Crippen MR) is 130 cm³/mol. The Kier molecular flexibility index (Phi) is 6.63. The zero-order valence-electron chi connectivity index (χ0n) is 19.6. The van der Waals surface area contributed by atoms with E-state index >= 15 is 0 Å². The Morgan fingerprint density at radius 1 is 1.09 bits per heavy atom. The van der Waals surface area contributed by atoms with Gasteiger partial charge in [0.1, 0.15) is 0 Å². The maximum absolute atomic E-state index is 13.4. The largest absolute Gasteiger partial charge is 0.356 e. The second kappa shape index (κ2) is 9.61. The molecular formula is C27H32N4O2. The van der Waals surface area contributed by atoms with Gasteiger partial charge >= 0.3 is 0 Å². The molecule has 1 atom stereocenters. The molecule has 2 aromatic carbocycles. The van der Waals surface area contributed by atoms with Gasteiger partial charge in [0.05, 0.1) is 5.41 Å². The normalized spacial score (nSPS) is 17.8. The predicted octanol–water partition coefficient (Wildman–Crippen LogP) is 4.16. The number of nitrogens with one attached hydrogen (secondary N) is 2. The molecule has 1 fully saturated rings. The van der Waals surface area contributed by atoms with Crippen LogP contribution in [-0.4, -0.2) is 46.5 Å². The third kappa shape index (κ3) is 4.42. The van der Waals surface area contributed by atoms with Crippen LogP contribution in [0, 0.1) is 12.3 Å². The fourth-order valence-corrected chi connectivity index (χ4v) is 4.88. The molecule has 33 heavy (non-hydrogen) atoms. The van der Waals surface area contributed by atoms with E-state index in [-0.39, 0.29) is 11.8 Å². The molecule has 1 aliphatic heterocycles. The molecule has 4 rings (SSSR count). The number of rotatable bonds is 7. The van der Waals surface area contributed by atoms with Crippen LogP contribution >= 0.6 is 0 Å². The minimum Gasteiger partial charge on any atom is -0.356 e. The summed E-state index contributed by atoms with van der Waals surface area (Å²) in [5, 5.41) is 10.3. The molecule has 2 N–H and O–H groups in total. The highest BCUT2D eigenvalue weighted by Crippen LogP contribution is 2.38. The van der Waals surface area contributed by atoms with Gasteiger partial charge in [-0.25, -0.2) is 0 Å². The number of H-pyrrole nitrogens is 1. The third-order valence-electron chi connectivity index (χ3n) is 6.76. The summed E-state index contributed by atoms with van der Waals surface area (Å²) in [5.74, 6) is -0.0953. The molecule has 0 saturated carbocycles. The lowest BCUT2D eigenvalue weighted by Crippen LogP contribution is -2.45. The van der Waals surface area contributed by atoms with Gasteiger partial charge in [-0.15, -0.1) is 0 Å². The molecule has 3 aromatic rings. The van der Waals surface area contributed by atoms with Crippen LogP contribution in [0.2, 0.25) is 0 Å². The Morgan fingerprint density at radius 2 is 1.82 bits per heavy atom. The van der Waals surface area contributed by atoms with E-state index in [0.29, 0.717) is 38.2 Å². The molecule has 1 aromatic heterocycles. The lowest BCUT2D eigenvalue weighted by molar-refractivity contribution is -0.130. The summed E-state index contributed by atoms with van der Waals surface area (Å²) < 4.78 is 0.